The number of halogens is 12. The molecule has 250 valence electrons. The zero-order chi connectivity index (χ0) is 35.3. The highest BCUT2D eigenvalue weighted by Gasteiger charge is 2.73. The van der Waals surface area contributed by atoms with Gasteiger partial charge in [0.1, 0.15) is 0 Å². The van der Waals surface area contributed by atoms with Crippen LogP contribution in [0.15, 0.2) is 59.1 Å². The van der Waals surface area contributed by atoms with Gasteiger partial charge in [0.15, 0.2) is 17.3 Å². The predicted molar refractivity (Wildman–Crippen MR) is 150 cm³/mol. The van der Waals surface area contributed by atoms with Gasteiger partial charge in [-0.2, -0.15) is 39.5 Å². The summed E-state index contributed by atoms with van der Waals surface area (Å²) in [5, 5.41) is 0. The molecule has 0 saturated heterocycles. The molecule has 0 aromatic heterocycles. The molecule has 1 fully saturated rings. The molecule has 47 heavy (non-hydrogen) atoms. The van der Waals surface area contributed by atoms with Gasteiger partial charge in [0.2, 0.25) is 0 Å². The molecule has 0 radical (unpaired) electrons. The molecule has 1 aliphatic carbocycles. The van der Waals surface area contributed by atoms with Gasteiger partial charge in [0.25, 0.3) is 5.91 Å². The Morgan fingerprint density at radius 2 is 1.51 bits per heavy atom. The summed E-state index contributed by atoms with van der Waals surface area (Å²) < 4.78 is 151. The van der Waals surface area contributed by atoms with Gasteiger partial charge >= 0.3 is 24.2 Å². The molecule has 0 spiro atoms. The van der Waals surface area contributed by atoms with Crippen LogP contribution in [-0.4, -0.2) is 30.1 Å². The van der Waals surface area contributed by atoms with E-state index in [-0.39, 0.29) is 23.2 Å². The minimum Gasteiger partial charge on any atom is -0.302 e. The lowest BCUT2D eigenvalue weighted by Crippen LogP contribution is -2.50. The van der Waals surface area contributed by atoms with E-state index in [2.05, 4.69) is 20.8 Å². The Labute approximate surface area is 268 Å². The predicted octanol–water partition coefficient (Wildman–Crippen LogP) is 10.3. The van der Waals surface area contributed by atoms with Gasteiger partial charge in [-0.1, -0.05) is 46.3 Å². The van der Waals surface area contributed by atoms with Crippen LogP contribution in [-0.2, 0) is 18.3 Å². The lowest BCUT2D eigenvalue weighted by molar-refractivity contribution is -0.348. The molecule has 1 atom stereocenters. The second kappa shape index (κ2) is 12.6. The Bertz CT molecular complexity index is 1720. The first kappa shape index (κ1) is 35.8. The van der Waals surface area contributed by atoms with E-state index in [9.17, 15) is 53.5 Å². The molecule has 0 bridgehead atoms. The van der Waals surface area contributed by atoms with Gasteiger partial charge in [-0.05, 0) is 55.5 Å². The lowest BCUT2D eigenvalue weighted by atomic mass is 9.89. The third-order valence-corrected chi connectivity index (χ3v) is 8.44. The minimum atomic E-state index is -6.71. The Hall–Kier alpha value is -4.00. The number of Topliss-reactive ketones (excluding diaryl/α,β-unsaturated/α-hetero) is 1. The number of carbonyl (C=O) groups excluding carboxylic acids is 2. The normalized spacial score (nSPS) is 14.8. The van der Waals surface area contributed by atoms with E-state index >= 15 is 4.39 Å². The molecule has 0 heterocycles. The van der Waals surface area contributed by atoms with Crippen LogP contribution in [0.2, 0.25) is 0 Å². The second-order valence-corrected chi connectivity index (χ2v) is 11.6. The number of hydrogen-bond acceptors (Lipinski definition) is 2. The molecular weight excluding hydrogens is 721 g/mol. The van der Waals surface area contributed by atoms with Crippen LogP contribution in [0.5, 0.6) is 0 Å². The largest absolute Gasteiger partial charge is 0.435 e. The topological polar surface area (TPSA) is 41.7 Å². The van der Waals surface area contributed by atoms with Crippen molar-refractivity contribution in [2.45, 2.75) is 56.4 Å². The maximum Gasteiger partial charge on any atom is 0.435 e. The second-order valence-electron chi connectivity index (χ2n) is 10.8. The highest BCUT2D eigenvalue weighted by Crippen LogP contribution is 2.54. The standard InChI is InChI=1S/C31H20BrF11N2O2/c1-15(16-6-7-16)45(27(47)17-8-10-19(44-2)11-9-17)24-5-3-4-20(26(24)33)25(46)14-21-22(29(35,36)37)12-18(13-23(21)32)28(34,30(38,39)40)31(41,42)43/h3-5,8-13,15-16H,6-7,14H2,1H3. The quantitative estimate of drug-likeness (QED) is 0.131. The maximum absolute atomic E-state index is 16.0. The molecule has 1 amide bonds. The smallest absolute Gasteiger partial charge is 0.302 e. The Balaban J connectivity index is 1.79. The van der Waals surface area contributed by atoms with Gasteiger partial charge in [0.05, 0.1) is 23.4 Å². The summed E-state index contributed by atoms with van der Waals surface area (Å²) in [5.74, 6) is -3.48. The zero-order valence-corrected chi connectivity index (χ0v) is 25.3. The van der Waals surface area contributed by atoms with Crippen LogP contribution in [0, 0.1) is 18.3 Å². The van der Waals surface area contributed by atoms with E-state index in [1.807, 2.05) is 0 Å². The fourth-order valence-corrected chi connectivity index (χ4v) is 5.65. The highest BCUT2D eigenvalue weighted by atomic mass is 79.9. The number of benzene rings is 3. The van der Waals surface area contributed by atoms with E-state index in [0.29, 0.717) is 12.8 Å². The van der Waals surface area contributed by atoms with Crippen molar-refractivity contribution in [1.29, 1.82) is 0 Å². The van der Waals surface area contributed by atoms with Crippen molar-refractivity contribution in [3.8, 4) is 0 Å². The van der Waals surface area contributed by atoms with Gasteiger partial charge in [-0.25, -0.2) is 13.6 Å². The summed E-state index contributed by atoms with van der Waals surface area (Å²) in [5.41, 5.74) is -13.0. The third-order valence-electron chi connectivity index (χ3n) is 7.73. The zero-order valence-electron chi connectivity index (χ0n) is 23.7. The van der Waals surface area contributed by atoms with Crippen molar-refractivity contribution < 1.29 is 57.9 Å². The molecule has 4 nitrogen and oxygen atoms in total. The Morgan fingerprint density at radius 3 is 2.00 bits per heavy atom. The van der Waals surface area contributed by atoms with Crippen molar-refractivity contribution in [1.82, 2.24) is 0 Å². The lowest BCUT2D eigenvalue weighted by Gasteiger charge is -2.31. The number of hydrogen-bond donors (Lipinski definition) is 0. The number of amides is 1. The first-order chi connectivity index (χ1) is 21.6. The van der Waals surface area contributed by atoms with Crippen LogP contribution in [0.4, 0.5) is 59.7 Å². The van der Waals surface area contributed by atoms with E-state index in [4.69, 9.17) is 6.57 Å². The number of alkyl halides is 10. The average Bonchev–Trinajstić information content (AvgIpc) is 3.82. The van der Waals surface area contributed by atoms with Crippen molar-refractivity contribution in [2.24, 2.45) is 5.92 Å². The molecular formula is C31H20BrF11N2O2. The Morgan fingerprint density at radius 1 is 0.936 bits per heavy atom. The number of anilines is 1. The molecule has 1 unspecified atom stereocenters. The summed E-state index contributed by atoms with van der Waals surface area (Å²) >= 11 is 2.45. The maximum atomic E-state index is 16.0. The summed E-state index contributed by atoms with van der Waals surface area (Å²) in [6, 6.07) is 7.08. The fourth-order valence-electron chi connectivity index (χ4n) is 5.05. The van der Waals surface area contributed by atoms with Gasteiger partial charge in [-0.15, -0.1) is 0 Å². The molecule has 0 N–H and O–H groups in total. The summed E-state index contributed by atoms with van der Waals surface area (Å²) in [6.45, 7) is 8.69. The van der Waals surface area contributed by atoms with E-state index in [1.54, 1.807) is 6.92 Å². The van der Waals surface area contributed by atoms with Crippen LogP contribution < -0.4 is 4.90 Å². The molecule has 1 saturated carbocycles. The molecule has 4 rings (SSSR count). The monoisotopic (exact) mass is 740 g/mol. The first-order valence-electron chi connectivity index (χ1n) is 13.5. The number of rotatable bonds is 8. The van der Waals surface area contributed by atoms with E-state index < -0.39 is 92.6 Å². The summed E-state index contributed by atoms with van der Waals surface area (Å²) in [7, 11) is 0. The SMILES string of the molecule is [C-]#[N+]c1ccc(C(=O)N(c2cccc(C(=O)Cc3c(Br)cc(C(F)(C(F)(F)F)C(F)(F)F)cc3C(F)(F)F)c2F)C(C)C2CC2)cc1. The Kier molecular flexibility index (Phi) is 9.57. The van der Waals surface area contributed by atoms with Crippen molar-refractivity contribution >= 4 is 39.0 Å². The van der Waals surface area contributed by atoms with Crippen LogP contribution in [0.25, 0.3) is 4.85 Å². The molecule has 1 aliphatic rings. The number of nitrogens with zero attached hydrogens (tertiary/aromatic N) is 2. The van der Waals surface area contributed by atoms with Crippen molar-refractivity contribution in [3.05, 3.63) is 104 Å². The number of carbonyl (C=O) groups is 2. The number of ketones is 1. The van der Waals surface area contributed by atoms with Crippen LogP contribution >= 0.6 is 15.9 Å². The molecule has 3 aromatic carbocycles. The summed E-state index contributed by atoms with van der Waals surface area (Å²) in [4.78, 5) is 31.1. The van der Waals surface area contributed by atoms with E-state index in [1.165, 1.54) is 24.3 Å². The molecule has 3 aromatic rings. The molecule has 16 heteroatoms. The van der Waals surface area contributed by atoms with Gasteiger partial charge < -0.3 is 4.90 Å². The van der Waals surface area contributed by atoms with Crippen LogP contribution in [0.1, 0.15) is 57.2 Å². The summed E-state index contributed by atoms with van der Waals surface area (Å²) in [6.07, 6.45) is -19.1. The van der Waals surface area contributed by atoms with Crippen molar-refractivity contribution in [2.75, 3.05) is 4.90 Å². The minimum absolute atomic E-state index is 0.0555. The van der Waals surface area contributed by atoms with Gasteiger partial charge in [-0.3, -0.25) is 9.59 Å². The van der Waals surface area contributed by atoms with Gasteiger partial charge in [0, 0.05) is 28.1 Å². The first-order valence-corrected chi connectivity index (χ1v) is 14.3. The average molecular weight is 741 g/mol. The van der Waals surface area contributed by atoms with Crippen LogP contribution in [0.3, 0.4) is 0 Å². The highest BCUT2D eigenvalue weighted by molar-refractivity contribution is 9.10. The fraction of sp³-hybridized carbons (Fsp3) is 0.323. The molecule has 0 aliphatic heterocycles. The van der Waals surface area contributed by atoms with E-state index in [0.717, 1.165) is 23.1 Å². The third kappa shape index (κ3) is 6.86. The van der Waals surface area contributed by atoms with Crippen molar-refractivity contribution in [3.63, 3.8) is 0 Å².